The predicted molar refractivity (Wildman–Crippen MR) is 123 cm³/mol. The number of hydrogen-bond acceptors (Lipinski definition) is 7. The van der Waals surface area contributed by atoms with E-state index < -0.39 is 0 Å². The molecular formula is C24H27N5O2. The van der Waals surface area contributed by atoms with E-state index in [4.69, 9.17) is 4.74 Å². The maximum Gasteiger partial charge on any atom is 0.191 e. The Labute approximate surface area is 183 Å². The van der Waals surface area contributed by atoms with Crippen LogP contribution in [0, 0.1) is 11.3 Å². The van der Waals surface area contributed by atoms with Gasteiger partial charge in [-0.25, -0.2) is 0 Å². The Morgan fingerprint density at radius 1 is 1.00 bits per heavy atom. The Morgan fingerprint density at radius 2 is 1.65 bits per heavy atom. The normalized spacial score (nSPS) is 16.2. The van der Waals surface area contributed by atoms with Gasteiger partial charge < -0.3 is 19.4 Å². The smallest absolute Gasteiger partial charge is 0.191 e. The molecule has 7 heteroatoms. The minimum atomic E-state index is -0.140. The van der Waals surface area contributed by atoms with E-state index in [1.807, 2.05) is 66.4 Å². The Kier molecular flexibility index (Phi) is 5.83. The van der Waals surface area contributed by atoms with Gasteiger partial charge in [0.2, 0.25) is 0 Å². The van der Waals surface area contributed by atoms with Crippen molar-refractivity contribution in [3.63, 3.8) is 0 Å². The maximum atomic E-state index is 13.1. The van der Waals surface area contributed by atoms with Gasteiger partial charge in [0.15, 0.2) is 5.78 Å². The number of piperazine rings is 1. The first kappa shape index (κ1) is 20.8. The molecule has 7 nitrogen and oxygen atoms in total. The summed E-state index contributed by atoms with van der Waals surface area (Å²) in [5.41, 5.74) is 3.31. The Morgan fingerprint density at radius 3 is 2.23 bits per heavy atom. The quantitative estimate of drug-likeness (QED) is 0.548. The number of anilines is 3. The van der Waals surface area contributed by atoms with Gasteiger partial charge in [-0.15, -0.1) is 0 Å². The van der Waals surface area contributed by atoms with Crippen LogP contribution >= 0.6 is 0 Å². The monoisotopic (exact) mass is 417 g/mol. The summed E-state index contributed by atoms with van der Waals surface area (Å²) < 4.78 is 5.32. The molecule has 2 aliphatic rings. The summed E-state index contributed by atoms with van der Waals surface area (Å²) in [4.78, 5) is 21.4. The SMILES string of the molecule is COc1cccc(N2CCN(CC(=O)C(C#N)=C3N(C)c4ccccc4N3C)CC2)c1. The number of Topliss-reactive ketones (excluding diaryl/α,β-unsaturated/α-hetero) is 1. The molecule has 0 amide bonds. The Hall–Kier alpha value is -3.50. The zero-order valence-corrected chi connectivity index (χ0v) is 18.2. The van der Waals surface area contributed by atoms with Gasteiger partial charge in [-0.3, -0.25) is 9.69 Å². The zero-order chi connectivity index (χ0) is 22.0. The number of ketones is 1. The first-order chi connectivity index (χ1) is 15.0. The van der Waals surface area contributed by atoms with Gasteiger partial charge in [0.25, 0.3) is 0 Å². The molecule has 0 spiro atoms. The fourth-order valence-electron chi connectivity index (χ4n) is 4.31. The molecule has 0 aromatic heterocycles. The third-order valence-electron chi connectivity index (χ3n) is 6.01. The van der Waals surface area contributed by atoms with Crippen LogP contribution < -0.4 is 19.4 Å². The fourth-order valence-corrected chi connectivity index (χ4v) is 4.31. The van der Waals surface area contributed by atoms with Crippen molar-refractivity contribution in [3.05, 3.63) is 59.9 Å². The fraction of sp³-hybridized carbons (Fsp3) is 0.333. The summed E-state index contributed by atoms with van der Waals surface area (Å²) in [6, 6.07) is 18.1. The van der Waals surface area contributed by atoms with Crippen molar-refractivity contribution in [2.45, 2.75) is 0 Å². The number of carbonyl (C=O) groups excluding carboxylic acids is 1. The number of hydrogen-bond donors (Lipinski definition) is 0. The minimum absolute atomic E-state index is 0.140. The number of ether oxygens (including phenoxy) is 1. The van der Waals surface area contributed by atoms with E-state index in [0.717, 1.165) is 49.0 Å². The van der Waals surface area contributed by atoms with Crippen molar-refractivity contribution in [2.24, 2.45) is 0 Å². The summed E-state index contributed by atoms with van der Waals surface area (Å²) in [5, 5.41) is 9.82. The second kappa shape index (κ2) is 8.70. The molecule has 2 aromatic rings. The van der Waals surface area contributed by atoms with Crippen LogP contribution in [0.15, 0.2) is 59.9 Å². The second-order valence-electron chi connectivity index (χ2n) is 7.81. The number of fused-ring (bicyclic) bond motifs is 1. The number of nitrogens with zero attached hydrogens (tertiary/aromatic N) is 5. The average molecular weight is 418 g/mol. The molecule has 0 saturated carbocycles. The van der Waals surface area contributed by atoms with Crippen LogP contribution in [0.3, 0.4) is 0 Å². The maximum absolute atomic E-state index is 13.1. The van der Waals surface area contributed by atoms with E-state index >= 15 is 0 Å². The van der Waals surface area contributed by atoms with E-state index in [2.05, 4.69) is 21.9 Å². The van der Waals surface area contributed by atoms with Crippen molar-refractivity contribution < 1.29 is 9.53 Å². The molecule has 1 saturated heterocycles. The van der Waals surface area contributed by atoms with Crippen LogP contribution in [0.5, 0.6) is 5.75 Å². The van der Waals surface area contributed by atoms with Gasteiger partial charge in [0, 0.05) is 52.0 Å². The lowest BCUT2D eigenvalue weighted by Crippen LogP contribution is -2.48. The lowest BCUT2D eigenvalue weighted by molar-refractivity contribution is -0.116. The van der Waals surface area contributed by atoms with Gasteiger partial charge in [-0.05, 0) is 24.3 Å². The van der Waals surface area contributed by atoms with E-state index in [9.17, 15) is 10.1 Å². The van der Waals surface area contributed by atoms with Crippen LogP contribution in [-0.4, -0.2) is 64.6 Å². The summed E-state index contributed by atoms with van der Waals surface area (Å²) in [7, 11) is 5.46. The van der Waals surface area contributed by atoms with Crippen LogP contribution in [0.4, 0.5) is 17.1 Å². The lowest BCUT2D eigenvalue weighted by atomic mass is 10.1. The number of carbonyl (C=O) groups is 1. The molecule has 0 radical (unpaired) electrons. The highest BCUT2D eigenvalue weighted by Crippen LogP contribution is 2.40. The number of nitriles is 1. The molecule has 2 aromatic carbocycles. The molecule has 0 atom stereocenters. The molecule has 31 heavy (non-hydrogen) atoms. The van der Waals surface area contributed by atoms with E-state index in [0.29, 0.717) is 5.82 Å². The van der Waals surface area contributed by atoms with Crippen molar-refractivity contribution in [2.75, 3.05) is 68.6 Å². The van der Waals surface area contributed by atoms with E-state index in [1.54, 1.807) is 7.11 Å². The largest absolute Gasteiger partial charge is 0.497 e. The first-order valence-electron chi connectivity index (χ1n) is 10.4. The van der Waals surface area contributed by atoms with Gasteiger partial charge in [0.1, 0.15) is 23.2 Å². The molecule has 2 aliphatic heterocycles. The highest BCUT2D eigenvalue weighted by atomic mass is 16.5. The van der Waals surface area contributed by atoms with Crippen LogP contribution in [0.2, 0.25) is 0 Å². The van der Waals surface area contributed by atoms with Gasteiger partial charge >= 0.3 is 0 Å². The van der Waals surface area contributed by atoms with Gasteiger partial charge in [-0.2, -0.15) is 5.26 Å². The minimum Gasteiger partial charge on any atom is -0.497 e. The van der Waals surface area contributed by atoms with Crippen LogP contribution in [-0.2, 0) is 4.79 Å². The van der Waals surface area contributed by atoms with Gasteiger partial charge in [0.05, 0.1) is 25.0 Å². The molecule has 160 valence electrons. The van der Waals surface area contributed by atoms with Crippen molar-refractivity contribution in [1.29, 1.82) is 5.26 Å². The number of methoxy groups -OCH3 is 1. The van der Waals surface area contributed by atoms with Crippen molar-refractivity contribution in [1.82, 2.24) is 4.90 Å². The third kappa shape index (κ3) is 3.94. The van der Waals surface area contributed by atoms with Crippen molar-refractivity contribution in [3.8, 4) is 11.8 Å². The first-order valence-corrected chi connectivity index (χ1v) is 10.4. The van der Waals surface area contributed by atoms with Gasteiger partial charge in [-0.1, -0.05) is 18.2 Å². The molecule has 4 rings (SSSR count). The molecule has 1 fully saturated rings. The number of para-hydroxylation sites is 2. The summed E-state index contributed by atoms with van der Waals surface area (Å²) in [6.45, 7) is 3.43. The zero-order valence-electron chi connectivity index (χ0n) is 18.2. The number of rotatable bonds is 5. The van der Waals surface area contributed by atoms with E-state index in [1.165, 1.54) is 0 Å². The second-order valence-corrected chi connectivity index (χ2v) is 7.81. The van der Waals surface area contributed by atoms with Crippen molar-refractivity contribution >= 4 is 22.8 Å². The Bertz CT molecular complexity index is 1020. The summed E-state index contributed by atoms with van der Waals surface area (Å²) in [6.07, 6.45) is 0. The molecule has 0 N–H and O–H groups in total. The molecule has 2 heterocycles. The molecule has 0 unspecified atom stereocenters. The van der Waals surface area contributed by atoms with Crippen LogP contribution in [0.25, 0.3) is 0 Å². The molecular weight excluding hydrogens is 390 g/mol. The number of benzene rings is 2. The summed E-state index contributed by atoms with van der Waals surface area (Å²) >= 11 is 0. The highest BCUT2D eigenvalue weighted by molar-refractivity contribution is 6.03. The van der Waals surface area contributed by atoms with E-state index in [-0.39, 0.29) is 17.9 Å². The third-order valence-corrected chi connectivity index (χ3v) is 6.01. The highest BCUT2D eigenvalue weighted by Gasteiger charge is 2.32. The van der Waals surface area contributed by atoms with Crippen LogP contribution in [0.1, 0.15) is 0 Å². The Balaban J connectivity index is 1.44. The average Bonchev–Trinajstić information content (AvgIpc) is 3.06. The molecule has 0 bridgehead atoms. The topological polar surface area (TPSA) is 63.1 Å². The molecule has 0 aliphatic carbocycles. The summed E-state index contributed by atoms with van der Waals surface area (Å²) in [5.74, 6) is 1.34. The lowest BCUT2D eigenvalue weighted by Gasteiger charge is -2.36. The predicted octanol–water partition coefficient (Wildman–Crippen LogP) is 2.71. The standard InChI is InChI=1S/C24H27N5O2/c1-26-21-9-4-5-10-22(21)27(2)24(26)20(16-25)23(30)17-28-11-13-29(14-12-28)18-7-6-8-19(15-18)31-3/h4-10,15H,11-14,17H2,1-3H3.